The van der Waals surface area contributed by atoms with Gasteiger partial charge >= 0.3 is 0 Å². The minimum atomic E-state index is -3.63. The van der Waals surface area contributed by atoms with Crippen LogP contribution in [0.1, 0.15) is 33.1 Å². The first-order valence-corrected chi connectivity index (χ1v) is 13.3. The molecule has 1 N–H and O–H groups in total. The van der Waals surface area contributed by atoms with Crippen LogP contribution in [0.25, 0.3) is 0 Å². The Morgan fingerprint density at radius 2 is 1.72 bits per heavy atom. The van der Waals surface area contributed by atoms with Crippen LogP contribution in [0.5, 0.6) is 0 Å². The number of anilines is 2. The quantitative estimate of drug-likeness (QED) is 0.695. The van der Waals surface area contributed by atoms with E-state index in [4.69, 9.17) is 4.74 Å². The molecule has 2 atom stereocenters. The Morgan fingerprint density at radius 1 is 1.06 bits per heavy atom. The van der Waals surface area contributed by atoms with Crippen molar-refractivity contribution in [3.63, 3.8) is 0 Å². The number of sulfonamides is 1. The maximum absolute atomic E-state index is 13.2. The fourth-order valence-electron chi connectivity index (χ4n) is 5.26. The molecule has 178 valence electrons. The standard InChI is InChI=1S/C23H36N4O4S/c1-18-13-19(2)16-25(15-18)17-23(28)24-21-14-20(5-6-22(21)26-7-3-4-8-26)32(29,30)27-9-11-31-12-10-27/h5-6,14,18-19H,3-4,7-13,15-17H2,1-2H3,(H,24,28). The Balaban J connectivity index is 1.55. The van der Waals surface area contributed by atoms with E-state index in [-0.39, 0.29) is 10.8 Å². The Morgan fingerprint density at radius 3 is 2.38 bits per heavy atom. The van der Waals surface area contributed by atoms with Crippen molar-refractivity contribution in [2.45, 2.75) is 38.0 Å². The van der Waals surface area contributed by atoms with E-state index in [0.29, 0.717) is 50.4 Å². The molecule has 3 heterocycles. The van der Waals surface area contributed by atoms with Gasteiger partial charge in [0.1, 0.15) is 0 Å². The second-order valence-electron chi connectivity index (χ2n) is 9.58. The lowest BCUT2D eigenvalue weighted by molar-refractivity contribution is -0.117. The first-order chi connectivity index (χ1) is 15.3. The molecular formula is C23H36N4O4S. The molecule has 3 fully saturated rings. The summed E-state index contributed by atoms with van der Waals surface area (Å²) in [5, 5.41) is 3.05. The van der Waals surface area contributed by atoms with Gasteiger partial charge in [0.05, 0.1) is 36.0 Å². The van der Waals surface area contributed by atoms with Gasteiger partial charge in [0, 0.05) is 39.3 Å². The number of benzene rings is 1. The summed E-state index contributed by atoms with van der Waals surface area (Å²) in [6, 6.07) is 5.15. The van der Waals surface area contributed by atoms with Crippen molar-refractivity contribution in [3.05, 3.63) is 18.2 Å². The van der Waals surface area contributed by atoms with Crippen molar-refractivity contribution in [1.82, 2.24) is 9.21 Å². The third-order valence-electron chi connectivity index (χ3n) is 6.61. The first-order valence-electron chi connectivity index (χ1n) is 11.8. The Kier molecular flexibility index (Phi) is 7.39. The average molecular weight is 465 g/mol. The van der Waals surface area contributed by atoms with Gasteiger partial charge < -0.3 is 15.0 Å². The zero-order valence-corrected chi connectivity index (χ0v) is 20.1. The monoisotopic (exact) mass is 464 g/mol. The van der Waals surface area contributed by atoms with Crippen LogP contribution >= 0.6 is 0 Å². The normalized spacial score (nSPS) is 25.8. The number of carbonyl (C=O) groups is 1. The predicted octanol–water partition coefficient (Wildman–Crippen LogP) is 2.22. The highest BCUT2D eigenvalue weighted by Crippen LogP contribution is 2.32. The van der Waals surface area contributed by atoms with E-state index in [9.17, 15) is 13.2 Å². The fourth-order valence-corrected chi connectivity index (χ4v) is 6.69. The van der Waals surface area contributed by atoms with Gasteiger partial charge in [-0.1, -0.05) is 13.8 Å². The van der Waals surface area contributed by atoms with E-state index in [1.165, 1.54) is 10.7 Å². The average Bonchev–Trinajstić information content (AvgIpc) is 3.28. The molecule has 0 saturated carbocycles. The van der Waals surface area contributed by atoms with E-state index in [1.54, 1.807) is 12.1 Å². The zero-order valence-electron chi connectivity index (χ0n) is 19.3. The van der Waals surface area contributed by atoms with Crippen molar-refractivity contribution in [1.29, 1.82) is 0 Å². The topological polar surface area (TPSA) is 82.2 Å². The summed E-state index contributed by atoms with van der Waals surface area (Å²) in [7, 11) is -3.63. The molecule has 4 rings (SSSR count). The third-order valence-corrected chi connectivity index (χ3v) is 8.50. The van der Waals surface area contributed by atoms with E-state index in [2.05, 4.69) is 29.0 Å². The van der Waals surface area contributed by atoms with Crippen molar-refractivity contribution < 1.29 is 17.9 Å². The van der Waals surface area contributed by atoms with E-state index < -0.39 is 10.0 Å². The summed E-state index contributed by atoms with van der Waals surface area (Å²) in [6.45, 7) is 9.96. The van der Waals surface area contributed by atoms with Gasteiger partial charge in [0.15, 0.2) is 0 Å². The molecule has 0 spiro atoms. The molecule has 9 heteroatoms. The Hall–Kier alpha value is -1.68. The van der Waals surface area contributed by atoms with Crippen molar-refractivity contribution in [2.75, 3.05) is 69.2 Å². The van der Waals surface area contributed by atoms with Crippen LogP contribution in [-0.4, -0.2) is 82.6 Å². The lowest BCUT2D eigenvalue weighted by Crippen LogP contribution is -2.43. The van der Waals surface area contributed by atoms with Crippen LogP contribution in [0.4, 0.5) is 11.4 Å². The minimum Gasteiger partial charge on any atom is -0.379 e. The second-order valence-corrected chi connectivity index (χ2v) is 11.5. The molecule has 1 aromatic rings. The molecule has 3 aliphatic rings. The molecule has 0 aliphatic carbocycles. The third kappa shape index (κ3) is 5.44. The number of nitrogens with one attached hydrogen (secondary N) is 1. The highest BCUT2D eigenvalue weighted by atomic mass is 32.2. The smallest absolute Gasteiger partial charge is 0.243 e. The number of carbonyl (C=O) groups excluding carboxylic acids is 1. The maximum Gasteiger partial charge on any atom is 0.243 e. The SMILES string of the molecule is CC1CC(C)CN(CC(=O)Nc2cc(S(=O)(=O)N3CCOCC3)ccc2N2CCCC2)C1. The fraction of sp³-hybridized carbons (Fsp3) is 0.696. The predicted molar refractivity (Wildman–Crippen MR) is 125 cm³/mol. The van der Waals surface area contributed by atoms with Gasteiger partial charge in [-0.05, 0) is 49.3 Å². The number of rotatable bonds is 6. The summed E-state index contributed by atoms with van der Waals surface area (Å²) >= 11 is 0. The van der Waals surface area contributed by atoms with Gasteiger partial charge in [-0.15, -0.1) is 0 Å². The molecule has 3 aliphatic heterocycles. The summed E-state index contributed by atoms with van der Waals surface area (Å²) in [5.41, 5.74) is 1.49. The van der Waals surface area contributed by atoms with Gasteiger partial charge in [-0.25, -0.2) is 8.42 Å². The van der Waals surface area contributed by atoms with Gasteiger partial charge in [-0.3, -0.25) is 9.69 Å². The lowest BCUT2D eigenvalue weighted by atomic mass is 9.92. The molecule has 32 heavy (non-hydrogen) atoms. The molecule has 1 amide bonds. The number of hydrogen-bond donors (Lipinski definition) is 1. The number of likely N-dealkylation sites (tertiary alicyclic amines) is 1. The van der Waals surface area contributed by atoms with E-state index in [0.717, 1.165) is 44.7 Å². The zero-order chi connectivity index (χ0) is 22.7. The van der Waals surface area contributed by atoms with Gasteiger partial charge in [-0.2, -0.15) is 4.31 Å². The van der Waals surface area contributed by atoms with Crippen LogP contribution in [-0.2, 0) is 19.6 Å². The van der Waals surface area contributed by atoms with Crippen molar-refractivity contribution in [2.24, 2.45) is 11.8 Å². The number of nitrogens with zero attached hydrogens (tertiary/aromatic N) is 3. The first kappa shape index (κ1) is 23.5. The Labute approximate surface area is 191 Å². The van der Waals surface area contributed by atoms with Gasteiger partial charge in [0.25, 0.3) is 0 Å². The molecule has 0 radical (unpaired) electrons. The summed E-state index contributed by atoms with van der Waals surface area (Å²) in [5.74, 6) is 1.06. The van der Waals surface area contributed by atoms with E-state index >= 15 is 0 Å². The molecule has 8 nitrogen and oxygen atoms in total. The molecular weight excluding hydrogens is 428 g/mol. The molecule has 0 aromatic heterocycles. The van der Waals surface area contributed by atoms with Crippen LogP contribution in [0.15, 0.2) is 23.1 Å². The van der Waals surface area contributed by atoms with Crippen molar-refractivity contribution in [3.8, 4) is 0 Å². The summed E-state index contributed by atoms with van der Waals surface area (Å²) < 4.78 is 33.1. The molecule has 3 saturated heterocycles. The van der Waals surface area contributed by atoms with Crippen LogP contribution < -0.4 is 10.2 Å². The Bertz CT molecular complexity index is 901. The second kappa shape index (κ2) is 10.1. The van der Waals surface area contributed by atoms with Crippen molar-refractivity contribution >= 4 is 27.3 Å². The summed E-state index contributed by atoms with van der Waals surface area (Å²) in [6.07, 6.45) is 3.40. The van der Waals surface area contributed by atoms with Crippen LogP contribution in [0.3, 0.4) is 0 Å². The maximum atomic E-state index is 13.2. The minimum absolute atomic E-state index is 0.0901. The highest BCUT2D eigenvalue weighted by Gasteiger charge is 2.29. The number of morpholine rings is 1. The van der Waals surface area contributed by atoms with E-state index in [1.807, 2.05) is 6.07 Å². The number of amides is 1. The number of piperidine rings is 1. The van der Waals surface area contributed by atoms with Crippen LogP contribution in [0.2, 0.25) is 0 Å². The number of hydrogen-bond acceptors (Lipinski definition) is 6. The van der Waals surface area contributed by atoms with Crippen LogP contribution in [0, 0.1) is 11.8 Å². The highest BCUT2D eigenvalue weighted by molar-refractivity contribution is 7.89. The molecule has 2 unspecified atom stereocenters. The number of ether oxygens (including phenoxy) is 1. The molecule has 1 aromatic carbocycles. The van der Waals surface area contributed by atoms with Gasteiger partial charge in [0.2, 0.25) is 15.9 Å². The lowest BCUT2D eigenvalue weighted by Gasteiger charge is -2.34. The molecule has 0 bridgehead atoms. The largest absolute Gasteiger partial charge is 0.379 e. The summed E-state index contributed by atoms with van der Waals surface area (Å²) in [4.78, 5) is 17.6.